The lowest BCUT2D eigenvalue weighted by Gasteiger charge is -2.23. The zero-order valence-corrected chi connectivity index (χ0v) is 18.1. The molecular formula is C25H36N4O. The fourth-order valence-electron chi connectivity index (χ4n) is 4.58. The Morgan fingerprint density at radius 2 is 1.67 bits per heavy atom. The molecule has 2 fully saturated rings. The molecule has 5 rings (SSSR count). The molecule has 0 spiro atoms. The lowest BCUT2D eigenvalue weighted by molar-refractivity contribution is 0.372. The third-order valence-corrected chi connectivity index (χ3v) is 6.57. The van der Waals surface area contributed by atoms with Gasteiger partial charge in [0.05, 0.1) is 5.69 Å². The highest BCUT2D eigenvalue weighted by Gasteiger charge is 2.18. The largest absolute Gasteiger partial charge is 0.328 e. The minimum Gasteiger partial charge on any atom is -0.328 e. The number of aromatic amines is 1. The van der Waals surface area contributed by atoms with E-state index in [9.17, 15) is 4.79 Å². The quantitative estimate of drug-likeness (QED) is 0.703. The number of fused-ring (bicyclic) bond motifs is 1. The molecule has 0 aliphatic heterocycles. The van der Waals surface area contributed by atoms with Gasteiger partial charge in [-0.15, -0.1) is 0 Å². The predicted octanol–water partition coefficient (Wildman–Crippen LogP) is 3.77. The molecule has 0 radical (unpaired) electrons. The molecule has 30 heavy (non-hydrogen) atoms. The second-order valence-electron chi connectivity index (χ2n) is 9.21. The second kappa shape index (κ2) is 10.4. The van der Waals surface area contributed by atoms with Crippen molar-refractivity contribution in [2.45, 2.75) is 95.7 Å². The number of aromatic nitrogens is 2. The number of benzene rings is 1. The van der Waals surface area contributed by atoms with Crippen molar-refractivity contribution in [3.63, 3.8) is 0 Å². The van der Waals surface area contributed by atoms with Crippen LogP contribution in [-0.2, 0) is 25.8 Å². The van der Waals surface area contributed by atoms with E-state index in [0.29, 0.717) is 12.1 Å². The molecule has 0 amide bonds. The third kappa shape index (κ3) is 6.02. The maximum atomic E-state index is 12.0. The predicted molar refractivity (Wildman–Crippen MR) is 122 cm³/mol. The van der Waals surface area contributed by atoms with Gasteiger partial charge in [-0.25, -0.2) is 5.10 Å². The fourth-order valence-corrected chi connectivity index (χ4v) is 4.58. The summed E-state index contributed by atoms with van der Waals surface area (Å²) in [6, 6.07) is 10.1. The van der Waals surface area contributed by atoms with Crippen LogP contribution in [0.15, 0.2) is 29.1 Å². The molecule has 2 aromatic rings. The summed E-state index contributed by atoms with van der Waals surface area (Å²) in [6.07, 6.45) is 14.2. The molecule has 0 bridgehead atoms. The van der Waals surface area contributed by atoms with Gasteiger partial charge in [-0.05, 0) is 68.1 Å². The Kier molecular flexibility index (Phi) is 7.34. The number of nitrogens with two attached hydrogens (primary N) is 1. The third-order valence-electron chi connectivity index (χ3n) is 6.57. The monoisotopic (exact) mass is 408 g/mol. The zero-order chi connectivity index (χ0) is 20.8. The van der Waals surface area contributed by atoms with Gasteiger partial charge in [0.2, 0.25) is 0 Å². The van der Waals surface area contributed by atoms with Gasteiger partial charge in [-0.1, -0.05) is 43.5 Å². The van der Waals surface area contributed by atoms with E-state index >= 15 is 0 Å². The van der Waals surface area contributed by atoms with E-state index in [1.165, 1.54) is 61.6 Å². The van der Waals surface area contributed by atoms with Crippen LogP contribution in [0.4, 0.5) is 0 Å². The fraction of sp³-hybridized carbons (Fsp3) is 0.600. The number of hydrogen-bond donors (Lipinski definition) is 3. The summed E-state index contributed by atoms with van der Waals surface area (Å²) in [5.41, 5.74) is 11.1. The van der Waals surface area contributed by atoms with E-state index in [1.54, 1.807) is 0 Å². The summed E-state index contributed by atoms with van der Waals surface area (Å²) in [6.45, 7) is 0.940. The number of nitrogens with zero attached hydrogens (tertiary/aromatic N) is 1. The average Bonchev–Trinajstić information content (AvgIpc) is 3.58. The summed E-state index contributed by atoms with van der Waals surface area (Å²) < 4.78 is 0. The van der Waals surface area contributed by atoms with Crippen molar-refractivity contribution < 1.29 is 0 Å². The first-order chi connectivity index (χ1) is 14.7. The van der Waals surface area contributed by atoms with Gasteiger partial charge in [0, 0.05) is 30.6 Å². The van der Waals surface area contributed by atoms with Gasteiger partial charge < -0.3 is 11.1 Å². The minimum absolute atomic E-state index is 0.00822. The van der Waals surface area contributed by atoms with Gasteiger partial charge in [0.25, 0.3) is 5.56 Å². The molecule has 1 aromatic carbocycles. The normalized spacial score (nSPS) is 19.0. The Hall–Kier alpha value is -1.98. The Bertz CT molecular complexity index is 881. The van der Waals surface area contributed by atoms with Crippen LogP contribution >= 0.6 is 0 Å². The summed E-state index contributed by atoms with van der Waals surface area (Å²) >= 11 is 0. The van der Waals surface area contributed by atoms with Crippen molar-refractivity contribution in [3.05, 3.63) is 62.6 Å². The van der Waals surface area contributed by atoms with Gasteiger partial charge in [-0.3, -0.25) is 4.79 Å². The number of hydrogen-bond acceptors (Lipinski definition) is 4. The van der Waals surface area contributed by atoms with Crippen molar-refractivity contribution in [3.8, 4) is 0 Å². The van der Waals surface area contributed by atoms with Gasteiger partial charge in [-0.2, -0.15) is 5.10 Å². The van der Waals surface area contributed by atoms with E-state index in [-0.39, 0.29) is 5.56 Å². The van der Waals surface area contributed by atoms with Crippen molar-refractivity contribution in [1.29, 1.82) is 0 Å². The first-order valence-corrected chi connectivity index (χ1v) is 11.8. The average molecular weight is 409 g/mol. The van der Waals surface area contributed by atoms with Gasteiger partial charge >= 0.3 is 0 Å². The van der Waals surface area contributed by atoms with Crippen molar-refractivity contribution in [2.75, 3.05) is 0 Å². The van der Waals surface area contributed by atoms with Crippen LogP contribution in [-0.4, -0.2) is 22.3 Å². The lowest BCUT2D eigenvalue weighted by Crippen LogP contribution is -2.30. The van der Waals surface area contributed by atoms with Crippen LogP contribution in [0.5, 0.6) is 0 Å². The zero-order valence-electron chi connectivity index (χ0n) is 18.1. The van der Waals surface area contributed by atoms with Crippen molar-refractivity contribution in [1.82, 2.24) is 15.5 Å². The molecule has 1 aromatic heterocycles. The van der Waals surface area contributed by atoms with Gasteiger partial charge in [0.15, 0.2) is 0 Å². The van der Waals surface area contributed by atoms with Crippen molar-refractivity contribution >= 4 is 0 Å². The molecule has 0 atom stereocenters. The highest BCUT2D eigenvalue weighted by Crippen LogP contribution is 2.22. The smallest absolute Gasteiger partial charge is 0.267 e. The molecule has 4 N–H and O–H groups in total. The maximum Gasteiger partial charge on any atom is 0.267 e. The first kappa shape index (κ1) is 21.3. The molecular weight excluding hydrogens is 372 g/mol. The molecule has 0 saturated heterocycles. The second-order valence-corrected chi connectivity index (χ2v) is 9.21. The van der Waals surface area contributed by atoms with Crippen LogP contribution in [0, 0.1) is 0 Å². The Morgan fingerprint density at radius 1 is 0.967 bits per heavy atom. The summed E-state index contributed by atoms with van der Waals surface area (Å²) in [5, 5.41) is 10.8. The highest BCUT2D eigenvalue weighted by atomic mass is 16.1. The Balaban J connectivity index is 0.000000489. The summed E-state index contributed by atoms with van der Waals surface area (Å²) in [4.78, 5) is 12.0. The number of nitrogens with one attached hydrogen (secondary N) is 2. The first-order valence-electron chi connectivity index (χ1n) is 11.8. The maximum absolute atomic E-state index is 12.0. The number of rotatable bonds is 5. The van der Waals surface area contributed by atoms with Crippen LogP contribution in [0.1, 0.15) is 85.7 Å². The van der Waals surface area contributed by atoms with Crippen LogP contribution in [0.25, 0.3) is 0 Å². The molecule has 0 unspecified atom stereocenters. The summed E-state index contributed by atoms with van der Waals surface area (Å²) in [7, 11) is 0. The molecule has 3 aliphatic carbocycles. The lowest BCUT2D eigenvalue weighted by atomic mass is 9.90. The van der Waals surface area contributed by atoms with Crippen LogP contribution in [0.3, 0.4) is 0 Å². The molecule has 5 heteroatoms. The van der Waals surface area contributed by atoms with E-state index < -0.39 is 0 Å². The van der Waals surface area contributed by atoms with Crippen LogP contribution < -0.4 is 16.6 Å². The molecule has 2 saturated carbocycles. The number of H-pyrrole nitrogens is 1. The Labute approximate surface area is 179 Å². The molecule has 3 aliphatic rings. The Morgan fingerprint density at radius 3 is 2.40 bits per heavy atom. The van der Waals surface area contributed by atoms with Crippen LogP contribution in [0.2, 0.25) is 0 Å². The summed E-state index contributed by atoms with van der Waals surface area (Å²) in [5.74, 6) is 0. The standard InChI is InChI=1S/C22H29N3O.C3H7N/c26-22-20-12-5-4-11-19(20)21(24-25-22)14-16-7-6-8-17(13-16)15-23-18-9-2-1-3-10-18;4-3-1-2-3/h6-8,13,18,23H,1-5,9-12,14-15H2,(H,25,26);3H,1-2,4H2. The van der Waals surface area contributed by atoms with E-state index in [0.717, 1.165) is 49.9 Å². The van der Waals surface area contributed by atoms with E-state index in [1.807, 2.05) is 0 Å². The van der Waals surface area contributed by atoms with E-state index in [2.05, 4.69) is 39.8 Å². The minimum atomic E-state index is 0.00822. The SMILES string of the molecule is NC1CC1.O=c1[nH]nc(Cc2cccc(CNC3CCCCC3)c2)c2c1CCCC2. The topological polar surface area (TPSA) is 83.8 Å². The molecule has 1 heterocycles. The van der Waals surface area contributed by atoms with Gasteiger partial charge in [0.1, 0.15) is 0 Å². The van der Waals surface area contributed by atoms with E-state index in [4.69, 9.17) is 5.73 Å². The highest BCUT2D eigenvalue weighted by molar-refractivity contribution is 5.35. The molecule has 5 nitrogen and oxygen atoms in total. The van der Waals surface area contributed by atoms with Crippen molar-refractivity contribution in [2.24, 2.45) is 5.73 Å². The molecule has 162 valence electrons.